The van der Waals surface area contributed by atoms with Gasteiger partial charge in [0.05, 0.1) is 17.6 Å². The van der Waals surface area contributed by atoms with E-state index in [1.807, 2.05) is 18.2 Å². The molecule has 23 heavy (non-hydrogen) atoms. The highest BCUT2D eigenvalue weighted by molar-refractivity contribution is 5.74. The number of H-pyrrole nitrogens is 2. The summed E-state index contributed by atoms with van der Waals surface area (Å²) < 4.78 is 5.53. The fourth-order valence-electron chi connectivity index (χ4n) is 3.05. The summed E-state index contributed by atoms with van der Waals surface area (Å²) in [4.78, 5) is 16.8. The van der Waals surface area contributed by atoms with Crippen molar-refractivity contribution >= 4 is 11.0 Å². The highest BCUT2D eigenvalue weighted by atomic mass is 16.5. The van der Waals surface area contributed by atoms with Crippen LogP contribution < -0.4 is 15.7 Å². The molecule has 0 spiro atoms. The Morgan fingerprint density at radius 3 is 2.87 bits per heavy atom. The Balaban J connectivity index is 1.33. The van der Waals surface area contributed by atoms with Crippen molar-refractivity contribution in [1.82, 2.24) is 15.3 Å². The third-order valence-electron chi connectivity index (χ3n) is 4.25. The van der Waals surface area contributed by atoms with Crippen LogP contribution in [0.2, 0.25) is 0 Å². The Morgan fingerprint density at radius 1 is 1.04 bits per heavy atom. The lowest BCUT2D eigenvalue weighted by Gasteiger charge is -2.07. The van der Waals surface area contributed by atoms with Crippen molar-refractivity contribution in [3.05, 3.63) is 63.6 Å². The van der Waals surface area contributed by atoms with E-state index in [0.29, 0.717) is 0 Å². The zero-order valence-corrected chi connectivity index (χ0v) is 12.8. The molecule has 1 aromatic heterocycles. The Kier molecular flexibility index (Phi) is 3.63. The zero-order chi connectivity index (χ0) is 15.6. The van der Waals surface area contributed by atoms with Gasteiger partial charge in [-0.05, 0) is 47.9 Å². The van der Waals surface area contributed by atoms with Crippen molar-refractivity contribution in [2.75, 3.05) is 13.2 Å². The van der Waals surface area contributed by atoms with E-state index in [9.17, 15) is 4.79 Å². The number of fused-ring (bicyclic) bond motifs is 2. The SMILES string of the molecule is O=c1[nH]c2ccc(CNCCc3ccc4c(c3)CCO4)cc2[nH]1. The molecule has 1 aliphatic rings. The molecule has 5 nitrogen and oxygen atoms in total. The van der Waals surface area contributed by atoms with Gasteiger partial charge in [-0.1, -0.05) is 18.2 Å². The standard InChI is InChI=1S/C18H19N3O2/c22-18-20-15-3-1-13(10-16(15)21-18)11-19-7-5-12-2-4-17-14(9-12)6-8-23-17/h1-4,9-10,19H,5-8,11H2,(H2,20,21,22). The van der Waals surface area contributed by atoms with Gasteiger partial charge in [-0.3, -0.25) is 0 Å². The van der Waals surface area contributed by atoms with E-state index in [4.69, 9.17) is 4.74 Å². The second-order valence-electron chi connectivity index (χ2n) is 5.93. The van der Waals surface area contributed by atoms with Crippen molar-refractivity contribution in [1.29, 1.82) is 0 Å². The van der Waals surface area contributed by atoms with Crippen LogP contribution in [0.4, 0.5) is 0 Å². The van der Waals surface area contributed by atoms with E-state index in [1.54, 1.807) is 0 Å². The summed E-state index contributed by atoms with van der Waals surface area (Å²) in [5, 5.41) is 3.46. The number of rotatable bonds is 5. The van der Waals surface area contributed by atoms with Gasteiger partial charge in [-0.15, -0.1) is 0 Å². The zero-order valence-electron chi connectivity index (χ0n) is 12.8. The highest BCUT2D eigenvalue weighted by Gasteiger charge is 2.11. The first-order chi connectivity index (χ1) is 11.3. The molecule has 4 rings (SSSR count). The van der Waals surface area contributed by atoms with Gasteiger partial charge in [0.2, 0.25) is 0 Å². The molecule has 0 saturated heterocycles. The topological polar surface area (TPSA) is 69.9 Å². The predicted molar refractivity (Wildman–Crippen MR) is 90.0 cm³/mol. The number of aromatic nitrogens is 2. The molecule has 0 aliphatic carbocycles. The molecule has 0 fully saturated rings. The maximum Gasteiger partial charge on any atom is 0.323 e. The Labute approximate surface area is 133 Å². The van der Waals surface area contributed by atoms with Gasteiger partial charge in [-0.25, -0.2) is 4.79 Å². The molecule has 3 aromatic rings. The fourth-order valence-corrected chi connectivity index (χ4v) is 3.05. The lowest BCUT2D eigenvalue weighted by Crippen LogP contribution is -2.16. The molecule has 0 bridgehead atoms. The quantitative estimate of drug-likeness (QED) is 0.632. The Bertz CT molecular complexity index is 895. The minimum absolute atomic E-state index is 0.161. The van der Waals surface area contributed by atoms with Gasteiger partial charge in [0.15, 0.2) is 0 Å². The van der Waals surface area contributed by atoms with Crippen molar-refractivity contribution < 1.29 is 4.74 Å². The molecule has 3 N–H and O–H groups in total. The maximum absolute atomic E-state index is 11.3. The van der Waals surface area contributed by atoms with E-state index in [2.05, 4.69) is 33.5 Å². The molecule has 0 saturated carbocycles. The minimum atomic E-state index is -0.161. The number of ether oxygens (including phenoxy) is 1. The van der Waals surface area contributed by atoms with Gasteiger partial charge in [0.1, 0.15) is 5.75 Å². The summed E-state index contributed by atoms with van der Waals surface area (Å²) in [7, 11) is 0. The molecular formula is C18H19N3O2. The fraction of sp³-hybridized carbons (Fsp3) is 0.278. The smallest absolute Gasteiger partial charge is 0.323 e. The monoisotopic (exact) mass is 309 g/mol. The van der Waals surface area contributed by atoms with Crippen LogP contribution in [0.3, 0.4) is 0 Å². The van der Waals surface area contributed by atoms with E-state index in [0.717, 1.165) is 54.9 Å². The van der Waals surface area contributed by atoms with Crippen LogP contribution in [0, 0.1) is 0 Å². The van der Waals surface area contributed by atoms with Crippen LogP contribution in [-0.2, 0) is 19.4 Å². The average molecular weight is 309 g/mol. The molecule has 118 valence electrons. The maximum atomic E-state index is 11.3. The molecule has 1 aliphatic heterocycles. The summed E-state index contributed by atoms with van der Waals surface area (Å²) >= 11 is 0. The van der Waals surface area contributed by atoms with Crippen molar-refractivity contribution in [3.8, 4) is 5.75 Å². The van der Waals surface area contributed by atoms with Crippen LogP contribution >= 0.6 is 0 Å². The van der Waals surface area contributed by atoms with Crippen molar-refractivity contribution in [3.63, 3.8) is 0 Å². The van der Waals surface area contributed by atoms with Crippen LogP contribution in [0.25, 0.3) is 11.0 Å². The second kappa shape index (κ2) is 5.93. The molecular weight excluding hydrogens is 290 g/mol. The summed E-state index contributed by atoms with van der Waals surface area (Å²) in [6.45, 7) is 2.51. The van der Waals surface area contributed by atoms with E-state index in [-0.39, 0.29) is 5.69 Å². The lowest BCUT2D eigenvalue weighted by molar-refractivity contribution is 0.357. The first-order valence-electron chi connectivity index (χ1n) is 7.94. The van der Waals surface area contributed by atoms with E-state index < -0.39 is 0 Å². The van der Waals surface area contributed by atoms with E-state index >= 15 is 0 Å². The van der Waals surface area contributed by atoms with Crippen molar-refractivity contribution in [2.24, 2.45) is 0 Å². The Hall–Kier alpha value is -2.53. The number of aromatic amines is 2. The number of hydrogen-bond donors (Lipinski definition) is 3. The summed E-state index contributed by atoms with van der Waals surface area (Å²) in [5.74, 6) is 1.04. The van der Waals surface area contributed by atoms with Gasteiger partial charge < -0.3 is 20.0 Å². The number of hydrogen-bond acceptors (Lipinski definition) is 3. The third-order valence-corrected chi connectivity index (χ3v) is 4.25. The first kappa shape index (κ1) is 14.1. The van der Waals surface area contributed by atoms with Crippen LogP contribution in [0.5, 0.6) is 5.75 Å². The Morgan fingerprint density at radius 2 is 1.91 bits per heavy atom. The second-order valence-corrected chi connectivity index (χ2v) is 5.93. The van der Waals surface area contributed by atoms with Gasteiger partial charge in [0, 0.05) is 13.0 Å². The van der Waals surface area contributed by atoms with Gasteiger partial charge in [0.25, 0.3) is 0 Å². The summed E-state index contributed by atoms with van der Waals surface area (Å²) in [6, 6.07) is 12.4. The normalized spacial score (nSPS) is 13.2. The lowest BCUT2D eigenvalue weighted by atomic mass is 10.1. The number of nitrogens with one attached hydrogen (secondary N) is 3. The predicted octanol–water partition coefficient (Wildman–Crippen LogP) is 2.12. The molecule has 2 aromatic carbocycles. The summed E-state index contributed by atoms with van der Waals surface area (Å²) in [6.07, 6.45) is 2.02. The van der Waals surface area contributed by atoms with E-state index in [1.165, 1.54) is 11.1 Å². The van der Waals surface area contributed by atoms with Gasteiger partial charge >= 0.3 is 5.69 Å². The van der Waals surface area contributed by atoms with Crippen LogP contribution in [-0.4, -0.2) is 23.1 Å². The average Bonchev–Trinajstić information content (AvgIpc) is 3.15. The third kappa shape index (κ3) is 3.00. The minimum Gasteiger partial charge on any atom is -0.493 e. The van der Waals surface area contributed by atoms with Gasteiger partial charge in [-0.2, -0.15) is 0 Å². The first-order valence-corrected chi connectivity index (χ1v) is 7.94. The number of imidazole rings is 1. The molecule has 0 atom stereocenters. The molecule has 0 amide bonds. The van der Waals surface area contributed by atoms with Crippen LogP contribution in [0.1, 0.15) is 16.7 Å². The molecule has 0 unspecified atom stereocenters. The largest absolute Gasteiger partial charge is 0.493 e. The van der Waals surface area contributed by atoms with Crippen LogP contribution in [0.15, 0.2) is 41.2 Å². The number of benzene rings is 2. The van der Waals surface area contributed by atoms with Crippen molar-refractivity contribution in [2.45, 2.75) is 19.4 Å². The molecule has 2 heterocycles. The summed E-state index contributed by atoms with van der Waals surface area (Å²) in [5.41, 5.74) is 5.37. The molecule has 5 heteroatoms. The highest BCUT2D eigenvalue weighted by Crippen LogP contribution is 2.25. The molecule has 0 radical (unpaired) electrons.